The Balaban J connectivity index is 0.906. The molecule has 3 aromatic carbocycles. The van der Waals surface area contributed by atoms with Crippen LogP contribution in [-0.2, 0) is 9.59 Å². The Morgan fingerprint density at radius 2 is 1.66 bits per heavy atom. The molecule has 324 valence electrons. The predicted molar refractivity (Wildman–Crippen MR) is 238 cm³/mol. The Bertz CT molecular complexity index is 2300. The number of nitrogens with one attached hydrogen (secondary N) is 2. The molecule has 0 bridgehead atoms. The number of fused-ring (bicyclic) bond motifs is 1. The number of nitrogens with zero attached hydrogens (tertiary/aromatic N) is 4. The van der Waals surface area contributed by atoms with Crippen LogP contribution in [0, 0.1) is 13.8 Å². The molecule has 0 saturated carbocycles. The molecule has 9 N–H and O–H groups in total. The fraction of sp³-hybridized carbons (Fsp3) is 0.426. The number of hydrogen-bond donors (Lipinski definition) is 6. The second-order valence-electron chi connectivity index (χ2n) is 17.1. The highest BCUT2D eigenvalue weighted by Gasteiger charge is 2.39. The van der Waals surface area contributed by atoms with Crippen molar-refractivity contribution in [2.45, 2.75) is 76.4 Å². The van der Waals surface area contributed by atoms with E-state index in [0.717, 1.165) is 78.6 Å². The number of hydrogen-bond acceptors (Lipinski definition) is 9. The molecular weight excluding hydrogens is 774 g/mol. The maximum absolute atomic E-state index is 16.4. The van der Waals surface area contributed by atoms with Crippen LogP contribution in [0.3, 0.4) is 0 Å². The van der Waals surface area contributed by atoms with Gasteiger partial charge in [0.2, 0.25) is 12.3 Å². The van der Waals surface area contributed by atoms with E-state index in [0.29, 0.717) is 80.5 Å². The van der Waals surface area contributed by atoms with Crippen LogP contribution in [0.5, 0.6) is 5.75 Å². The van der Waals surface area contributed by atoms with Gasteiger partial charge < -0.3 is 52.2 Å². The summed E-state index contributed by atoms with van der Waals surface area (Å²) in [4.78, 5) is 42.8. The van der Waals surface area contributed by atoms with Crippen LogP contribution >= 0.6 is 0 Å². The van der Waals surface area contributed by atoms with E-state index in [4.69, 9.17) is 17.2 Å². The molecule has 1 atom stereocenters. The molecular formula is C47H60FN9O4. The lowest BCUT2D eigenvalue weighted by atomic mass is 9.88. The lowest BCUT2D eigenvalue weighted by molar-refractivity contribution is -0.116. The second-order valence-corrected chi connectivity index (χ2v) is 17.1. The third kappa shape index (κ3) is 9.97. The number of alkyl halides is 1. The summed E-state index contributed by atoms with van der Waals surface area (Å²) < 4.78 is 18.7. The van der Waals surface area contributed by atoms with Gasteiger partial charge >= 0.3 is 0 Å². The summed E-state index contributed by atoms with van der Waals surface area (Å²) in [6.45, 7) is 8.48. The number of carbonyl (C=O) groups is 3. The lowest BCUT2D eigenvalue weighted by Gasteiger charge is -2.41. The molecule has 4 aromatic rings. The predicted octanol–water partition coefficient (Wildman–Crippen LogP) is 5.59. The van der Waals surface area contributed by atoms with Gasteiger partial charge in [-0.25, -0.2) is 4.39 Å². The van der Waals surface area contributed by atoms with E-state index in [2.05, 4.69) is 44.2 Å². The monoisotopic (exact) mass is 833 g/mol. The summed E-state index contributed by atoms with van der Waals surface area (Å²) in [5.41, 5.74) is 24.5. The molecule has 1 unspecified atom stereocenters. The molecule has 1 aromatic heterocycles. The number of piperidine rings is 3. The minimum absolute atomic E-state index is 0.0567. The number of benzene rings is 3. The Kier molecular flexibility index (Phi) is 13.2. The average molecular weight is 834 g/mol. The number of aromatic hydroxyl groups is 1. The van der Waals surface area contributed by atoms with Crippen molar-refractivity contribution in [3.05, 3.63) is 112 Å². The topological polar surface area (TPSA) is 188 Å². The highest BCUT2D eigenvalue weighted by molar-refractivity contribution is 5.96. The number of aromatic nitrogens is 1. The molecule has 3 saturated heterocycles. The molecule has 7 rings (SSSR count). The maximum atomic E-state index is 16.4. The van der Waals surface area contributed by atoms with Crippen LogP contribution in [0.25, 0.3) is 16.6 Å². The van der Waals surface area contributed by atoms with Crippen LogP contribution < -0.4 is 27.8 Å². The number of phenols is 1. The van der Waals surface area contributed by atoms with Crippen molar-refractivity contribution < 1.29 is 23.9 Å². The molecule has 3 amide bonds. The molecule has 0 aliphatic carbocycles. The molecule has 3 aliphatic heterocycles. The molecule has 61 heavy (non-hydrogen) atoms. The Hall–Kier alpha value is -6.02. The van der Waals surface area contributed by atoms with Crippen molar-refractivity contribution in [3.63, 3.8) is 0 Å². The van der Waals surface area contributed by atoms with Gasteiger partial charge in [-0.1, -0.05) is 24.3 Å². The number of likely N-dealkylation sites (tertiary alicyclic amines) is 3. The molecule has 0 spiro atoms. The first-order valence-electron chi connectivity index (χ1n) is 21.5. The summed E-state index contributed by atoms with van der Waals surface area (Å²) >= 11 is 0. The quantitative estimate of drug-likeness (QED) is 0.0568. The standard InChI is InChI=1S/C47H60FN9O4/c1-31-24-33(34-6-5-19-56(28-34)42(45(50)51)26-40(49)38-7-3-4-8-43(38)59)9-11-37(31)46(61)55-22-16-47(48,17-23-55)29-54-20-14-36(15-21-54)57-27-32(2)39-25-35(10-12-41(39)57)53-44(60)13-18-52-30-58/h3-4,7-12,24-27,30,34,36,59H,5-6,13-23,28-29,49-51H2,1-2H3,(H,52,58)(H,53,60)/b40-26-. The SMILES string of the molecule is Cc1cc(C2CCCN(C(/C=C(\N)c3ccccc3O)=C(N)N)C2)ccc1C(=O)N1CCC(F)(CN2CCC(n3cc(C)c4cc(NC(=O)CCNC=O)ccc43)CC2)CC1. The first kappa shape index (κ1) is 43.1. The number of aryl methyl sites for hydroxylation is 2. The number of nitrogens with two attached hydrogens (primary N) is 3. The van der Waals surface area contributed by atoms with E-state index in [1.807, 2.05) is 43.3 Å². The molecule has 0 radical (unpaired) electrons. The van der Waals surface area contributed by atoms with E-state index in [1.54, 1.807) is 29.2 Å². The Morgan fingerprint density at radius 1 is 0.902 bits per heavy atom. The summed E-state index contributed by atoms with van der Waals surface area (Å²) in [5.74, 6) is 0.206. The Morgan fingerprint density at radius 3 is 2.36 bits per heavy atom. The van der Waals surface area contributed by atoms with Crippen LogP contribution in [0.15, 0.2) is 84.5 Å². The zero-order valence-corrected chi connectivity index (χ0v) is 35.3. The summed E-state index contributed by atoms with van der Waals surface area (Å²) in [7, 11) is 0. The first-order chi connectivity index (χ1) is 29.3. The first-order valence-corrected chi connectivity index (χ1v) is 21.5. The van der Waals surface area contributed by atoms with Crippen LogP contribution in [0.1, 0.15) is 89.5 Å². The average Bonchev–Trinajstić information content (AvgIpc) is 3.58. The highest BCUT2D eigenvalue weighted by Crippen LogP contribution is 2.36. The number of rotatable bonds is 13. The van der Waals surface area contributed by atoms with Crippen molar-refractivity contribution in [3.8, 4) is 5.75 Å². The third-order valence-electron chi connectivity index (χ3n) is 12.8. The number of amides is 3. The molecule has 14 heteroatoms. The Labute approximate surface area is 357 Å². The van der Waals surface area contributed by atoms with Gasteiger partial charge in [0.25, 0.3) is 5.91 Å². The van der Waals surface area contributed by atoms with Gasteiger partial charge in [0, 0.05) is 123 Å². The van der Waals surface area contributed by atoms with Crippen molar-refractivity contribution in [1.82, 2.24) is 24.6 Å². The van der Waals surface area contributed by atoms with E-state index in [1.165, 1.54) is 0 Å². The minimum Gasteiger partial charge on any atom is -0.507 e. The summed E-state index contributed by atoms with van der Waals surface area (Å²) in [5, 5.41) is 16.8. The van der Waals surface area contributed by atoms with Crippen molar-refractivity contribution in [2.24, 2.45) is 17.2 Å². The second kappa shape index (κ2) is 18.7. The normalized spacial score (nSPS) is 18.8. The van der Waals surface area contributed by atoms with Crippen molar-refractivity contribution in [2.75, 3.05) is 57.7 Å². The van der Waals surface area contributed by atoms with Gasteiger partial charge in [-0.2, -0.15) is 0 Å². The number of allylic oxidation sites excluding steroid dienone is 1. The number of para-hydroxylation sites is 1. The van der Waals surface area contributed by atoms with E-state index < -0.39 is 5.67 Å². The zero-order valence-electron chi connectivity index (χ0n) is 35.3. The van der Waals surface area contributed by atoms with Gasteiger partial charge in [0.15, 0.2) is 0 Å². The summed E-state index contributed by atoms with van der Waals surface area (Å²) in [6.07, 6.45) is 9.01. The van der Waals surface area contributed by atoms with Crippen molar-refractivity contribution >= 4 is 40.5 Å². The smallest absolute Gasteiger partial charge is 0.254 e. The number of halogens is 1. The van der Waals surface area contributed by atoms with Crippen LogP contribution in [0.4, 0.5) is 10.1 Å². The highest BCUT2D eigenvalue weighted by atomic mass is 19.1. The van der Waals surface area contributed by atoms with Gasteiger partial charge in [-0.05, 0) is 98.7 Å². The summed E-state index contributed by atoms with van der Waals surface area (Å²) in [6, 6.07) is 19.2. The molecule has 3 aliphatic rings. The fourth-order valence-electron chi connectivity index (χ4n) is 9.42. The van der Waals surface area contributed by atoms with E-state index in [-0.39, 0.29) is 35.7 Å². The number of phenolic OH excluding ortho intramolecular Hbond substituents is 1. The third-order valence-corrected chi connectivity index (χ3v) is 12.8. The van der Waals surface area contributed by atoms with E-state index >= 15 is 4.39 Å². The largest absolute Gasteiger partial charge is 0.507 e. The molecule has 4 heterocycles. The number of anilines is 1. The molecule has 13 nitrogen and oxygen atoms in total. The number of carbonyl (C=O) groups excluding carboxylic acids is 3. The zero-order chi connectivity index (χ0) is 43.3. The van der Waals surface area contributed by atoms with Crippen LogP contribution in [0.2, 0.25) is 0 Å². The van der Waals surface area contributed by atoms with Crippen molar-refractivity contribution in [1.29, 1.82) is 0 Å². The maximum Gasteiger partial charge on any atom is 0.254 e. The minimum atomic E-state index is -1.35. The van der Waals surface area contributed by atoms with Gasteiger partial charge in [-0.15, -0.1) is 0 Å². The molecule has 3 fully saturated rings. The fourth-order valence-corrected chi connectivity index (χ4v) is 9.42. The van der Waals surface area contributed by atoms with Gasteiger partial charge in [0.05, 0.1) is 5.70 Å². The van der Waals surface area contributed by atoms with E-state index in [9.17, 15) is 19.5 Å². The van der Waals surface area contributed by atoms with Gasteiger partial charge in [0.1, 0.15) is 17.2 Å². The van der Waals surface area contributed by atoms with Gasteiger partial charge in [-0.3, -0.25) is 14.4 Å². The van der Waals surface area contributed by atoms with Crippen LogP contribution in [-0.4, -0.2) is 101 Å². The lowest BCUT2D eigenvalue weighted by Crippen LogP contribution is -2.51.